The monoisotopic (exact) mass is 320 g/mol. The molecule has 0 unspecified atom stereocenters. The number of rotatable bonds is 2. The minimum absolute atomic E-state index is 0.537. The van der Waals surface area contributed by atoms with Crippen molar-refractivity contribution in [3.8, 4) is 0 Å². The highest BCUT2D eigenvalue weighted by atomic mass is 79.9. The maximum Gasteiger partial charge on any atom is 0.425 e. The van der Waals surface area contributed by atoms with Gasteiger partial charge in [-0.3, -0.25) is 15.1 Å². The fourth-order valence-corrected chi connectivity index (χ4v) is 1.56. The first kappa shape index (κ1) is 13.7. The van der Waals surface area contributed by atoms with E-state index in [1.54, 1.807) is 0 Å². The van der Waals surface area contributed by atoms with Crippen LogP contribution in [0.4, 0.5) is 27.6 Å². The Balaban J connectivity index is 3.68. The van der Waals surface area contributed by atoms with E-state index in [0.717, 1.165) is 0 Å². The van der Waals surface area contributed by atoms with Gasteiger partial charge in [0.05, 0.1) is 4.92 Å². The largest absolute Gasteiger partial charge is 0.425 e. The Bertz CT molecular complexity index is 462. The maximum atomic E-state index is 12.5. The highest BCUT2D eigenvalue weighted by molar-refractivity contribution is 9.10. The van der Waals surface area contributed by atoms with Crippen LogP contribution in [0, 0.1) is 10.1 Å². The van der Waals surface area contributed by atoms with Crippen LogP contribution in [0.3, 0.4) is 0 Å². The van der Waals surface area contributed by atoms with Crippen molar-refractivity contribution in [2.45, 2.75) is 12.6 Å². The Labute approximate surface area is 98.7 Å². The quantitative estimate of drug-likeness (QED) is 0.474. The van der Waals surface area contributed by atoms with E-state index in [1.807, 2.05) is 0 Å². The fraction of sp³-hybridized carbons (Fsp3) is 0.286. The van der Waals surface area contributed by atoms with E-state index in [0.29, 0.717) is 6.20 Å². The summed E-state index contributed by atoms with van der Waals surface area (Å²) in [4.78, 5) is 11.9. The zero-order valence-corrected chi connectivity index (χ0v) is 9.22. The molecule has 0 fully saturated rings. The van der Waals surface area contributed by atoms with Gasteiger partial charge < -0.3 is 0 Å². The Hall–Kier alpha value is -1.32. The summed E-state index contributed by atoms with van der Waals surface area (Å²) in [6, 6.07) is 0. The van der Waals surface area contributed by atoms with Gasteiger partial charge in [0.1, 0.15) is 10.2 Å². The number of hydrogen-bond donors (Lipinski definition) is 0. The molecular weight excluding hydrogens is 319 g/mol. The van der Waals surface area contributed by atoms with E-state index in [9.17, 15) is 32.1 Å². The summed E-state index contributed by atoms with van der Waals surface area (Å²) in [7, 11) is 0. The highest BCUT2D eigenvalue weighted by Gasteiger charge is 2.45. The van der Waals surface area contributed by atoms with Crippen molar-refractivity contribution < 1.29 is 26.9 Å². The molecule has 0 saturated carbocycles. The second-order valence-electron chi connectivity index (χ2n) is 2.77. The molecule has 17 heavy (non-hydrogen) atoms. The van der Waals surface area contributed by atoms with Crippen molar-refractivity contribution in [3.05, 3.63) is 32.0 Å². The Kier molecular flexibility index (Phi) is 3.65. The highest BCUT2D eigenvalue weighted by Crippen LogP contribution is 2.43. The smallest absolute Gasteiger partial charge is 0.258 e. The number of aromatic nitrogens is 1. The van der Waals surface area contributed by atoms with Crippen molar-refractivity contribution in [1.29, 1.82) is 0 Å². The summed E-state index contributed by atoms with van der Waals surface area (Å²) >= 11 is 2.47. The first-order valence-electron chi connectivity index (χ1n) is 3.84. The van der Waals surface area contributed by atoms with Crippen LogP contribution in [-0.4, -0.2) is 9.91 Å². The Morgan fingerprint density at radius 2 is 1.94 bits per heavy atom. The lowest BCUT2D eigenvalue weighted by atomic mass is 10.1. The third kappa shape index (κ3) is 2.68. The van der Waals surface area contributed by atoms with E-state index in [-0.39, 0.29) is 0 Å². The third-order valence-electron chi connectivity index (χ3n) is 1.71. The minimum atomic E-state index is -5.29. The van der Waals surface area contributed by atoms with Crippen molar-refractivity contribution >= 4 is 21.6 Å². The first-order chi connectivity index (χ1) is 7.66. The van der Waals surface area contributed by atoms with Crippen molar-refractivity contribution in [2.24, 2.45) is 0 Å². The minimum Gasteiger partial charge on any atom is -0.258 e. The van der Waals surface area contributed by atoms with E-state index in [4.69, 9.17) is 0 Å². The van der Waals surface area contributed by atoms with Gasteiger partial charge in [-0.2, -0.15) is 13.2 Å². The number of hydrogen-bond acceptors (Lipinski definition) is 3. The van der Waals surface area contributed by atoms with Crippen LogP contribution < -0.4 is 0 Å². The predicted molar refractivity (Wildman–Crippen MR) is 48.6 cm³/mol. The molecule has 1 rings (SSSR count). The molecular formula is C7H2BrF5N2O2. The third-order valence-corrected chi connectivity index (χ3v) is 2.29. The van der Waals surface area contributed by atoms with Gasteiger partial charge in [0.2, 0.25) is 0 Å². The van der Waals surface area contributed by atoms with Crippen molar-refractivity contribution in [2.75, 3.05) is 0 Å². The molecule has 0 amide bonds. The molecule has 10 heteroatoms. The molecule has 0 N–H and O–H groups in total. The summed E-state index contributed by atoms with van der Waals surface area (Å²) in [5.41, 5.74) is -5.16. The standard InChI is InChI=1S/C7H2BrF5N2O2/c8-2-1-14-4(6(9)10)3(7(11,12)13)5(2)15(16)17/h1,6H. The predicted octanol–water partition coefficient (Wildman–Crippen LogP) is 3.71. The molecule has 1 aromatic heterocycles. The van der Waals surface area contributed by atoms with Gasteiger partial charge in [0.15, 0.2) is 5.56 Å². The van der Waals surface area contributed by atoms with Crippen LogP contribution in [0.2, 0.25) is 0 Å². The molecule has 0 aliphatic carbocycles. The second-order valence-corrected chi connectivity index (χ2v) is 3.62. The molecule has 94 valence electrons. The summed E-state index contributed by atoms with van der Waals surface area (Å²) in [6.45, 7) is 0. The van der Waals surface area contributed by atoms with E-state index >= 15 is 0 Å². The van der Waals surface area contributed by atoms with Crippen molar-refractivity contribution in [1.82, 2.24) is 4.98 Å². The average Bonchev–Trinajstić information content (AvgIpc) is 2.14. The molecule has 0 aliphatic heterocycles. The summed E-state index contributed by atoms with van der Waals surface area (Å²) < 4.78 is 61.6. The SMILES string of the molecule is O=[N+]([O-])c1c(Br)cnc(C(F)F)c1C(F)(F)F. The van der Waals surface area contributed by atoms with Crippen molar-refractivity contribution in [3.63, 3.8) is 0 Å². The number of nitrogens with zero attached hydrogens (tertiary/aromatic N) is 2. The summed E-state index contributed by atoms with van der Waals surface area (Å²) in [6.07, 6.45) is -8.31. The zero-order valence-electron chi connectivity index (χ0n) is 7.63. The molecule has 1 aromatic rings. The average molecular weight is 321 g/mol. The van der Waals surface area contributed by atoms with Gasteiger partial charge >= 0.3 is 6.18 Å². The van der Waals surface area contributed by atoms with E-state index in [1.165, 1.54) is 0 Å². The molecule has 0 aromatic carbocycles. The number of pyridine rings is 1. The van der Waals surface area contributed by atoms with E-state index in [2.05, 4.69) is 20.9 Å². The number of alkyl halides is 5. The number of halogens is 6. The molecule has 4 nitrogen and oxygen atoms in total. The van der Waals surface area contributed by atoms with Crippen LogP contribution >= 0.6 is 15.9 Å². The van der Waals surface area contributed by atoms with Gasteiger partial charge in [-0.1, -0.05) is 0 Å². The maximum absolute atomic E-state index is 12.5. The summed E-state index contributed by atoms with van der Waals surface area (Å²) in [5, 5.41) is 10.5. The lowest BCUT2D eigenvalue weighted by Gasteiger charge is -2.12. The zero-order chi connectivity index (χ0) is 13.4. The van der Waals surface area contributed by atoms with Gasteiger partial charge in [-0.25, -0.2) is 8.78 Å². The lowest BCUT2D eigenvalue weighted by Crippen LogP contribution is -2.15. The van der Waals surface area contributed by atoms with Gasteiger partial charge in [0.25, 0.3) is 12.1 Å². The number of nitro groups is 1. The van der Waals surface area contributed by atoms with Crippen LogP contribution in [0.15, 0.2) is 10.7 Å². The van der Waals surface area contributed by atoms with Crippen LogP contribution in [0.25, 0.3) is 0 Å². The molecule has 0 spiro atoms. The topological polar surface area (TPSA) is 56.0 Å². The van der Waals surface area contributed by atoms with Crippen LogP contribution in [0.5, 0.6) is 0 Å². The molecule has 0 aliphatic rings. The van der Waals surface area contributed by atoms with Gasteiger partial charge in [-0.15, -0.1) is 0 Å². The first-order valence-corrected chi connectivity index (χ1v) is 4.63. The van der Waals surface area contributed by atoms with Gasteiger partial charge in [0, 0.05) is 6.20 Å². The Morgan fingerprint density at radius 1 is 1.41 bits per heavy atom. The molecule has 0 atom stereocenters. The van der Waals surface area contributed by atoms with Crippen LogP contribution in [-0.2, 0) is 6.18 Å². The molecule has 1 heterocycles. The normalized spacial score (nSPS) is 11.9. The molecule has 0 radical (unpaired) electrons. The lowest BCUT2D eigenvalue weighted by molar-refractivity contribution is -0.389. The van der Waals surface area contributed by atoms with Gasteiger partial charge in [-0.05, 0) is 15.9 Å². The summed E-state index contributed by atoms with van der Waals surface area (Å²) in [5.74, 6) is 0. The molecule has 0 bridgehead atoms. The Morgan fingerprint density at radius 3 is 2.29 bits per heavy atom. The second kappa shape index (κ2) is 4.51. The molecule has 0 saturated heterocycles. The van der Waals surface area contributed by atoms with Crippen LogP contribution in [0.1, 0.15) is 17.7 Å². The van der Waals surface area contributed by atoms with E-state index < -0.39 is 38.9 Å². The fourth-order valence-electron chi connectivity index (χ4n) is 1.12.